The topological polar surface area (TPSA) is 57.8 Å². The zero-order chi connectivity index (χ0) is 16.5. The fourth-order valence-electron chi connectivity index (χ4n) is 4.32. The Hall–Kier alpha value is -1.20. The molecule has 0 saturated heterocycles. The maximum absolute atomic E-state index is 12.5. The van der Waals surface area contributed by atoms with Gasteiger partial charge >= 0.3 is 0 Å². The SMILES string of the molecule is C[C@H]1CCCC[C@@H]1NCCc1nc2sc3c(c2c(=O)[nH]1)CCCC3. The lowest BCUT2D eigenvalue weighted by Crippen LogP contribution is -2.38. The van der Waals surface area contributed by atoms with Gasteiger partial charge in [-0.15, -0.1) is 11.3 Å². The molecule has 0 unspecified atom stereocenters. The third kappa shape index (κ3) is 3.16. The van der Waals surface area contributed by atoms with Crippen molar-refractivity contribution in [3.63, 3.8) is 0 Å². The lowest BCUT2D eigenvalue weighted by atomic mass is 9.86. The van der Waals surface area contributed by atoms with Gasteiger partial charge in [-0.1, -0.05) is 19.8 Å². The molecule has 2 heterocycles. The summed E-state index contributed by atoms with van der Waals surface area (Å²) in [6.45, 7) is 3.24. The second kappa shape index (κ2) is 6.96. The number of nitrogens with one attached hydrogen (secondary N) is 2. The summed E-state index contributed by atoms with van der Waals surface area (Å²) < 4.78 is 0. The first-order valence-electron chi connectivity index (χ1n) is 9.49. The Morgan fingerprint density at radius 2 is 2.04 bits per heavy atom. The van der Waals surface area contributed by atoms with Crippen LogP contribution < -0.4 is 10.9 Å². The van der Waals surface area contributed by atoms with Crippen molar-refractivity contribution in [3.05, 3.63) is 26.6 Å². The Morgan fingerprint density at radius 1 is 1.21 bits per heavy atom. The summed E-state index contributed by atoms with van der Waals surface area (Å²) in [5.41, 5.74) is 1.34. The van der Waals surface area contributed by atoms with Gasteiger partial charge in [0, 0.05) is 23.9 Å². The van der Waals surface area contributed by atoms with Crippen LogP contribution in [0.4, 0.5) is 0 Å². The van der Waals surface area contributed by atoms with E-state index in [-0.39, 0.29) is 5.56 Å². The minimum absolute atomic E-state index is 0.0698. The van der Waals surface area contributed by atoms with E-state index in [1.54, 1.807) is 11.3 Å². The first-order valence-corrected chi connectivity index (χ1v) is 10.3. The number of fused-ring (bicyclic) bond motifs is 3. The molecule has 1 saturated carbocycles. The van der Waals surface area contributed by atoms with Gasteiger partial charge in [-0.3, -0.25) is 4.79 Å². The number of H-pyrrole nitrogens is 1. The predicted molar refractivity (Wildman–Crippen MR) is 100 cm³/mol. The molecule has 1 fully saturated rings. The molecular formula is C19H27N3OS. The Bertz CT molecular complexity index is 779. The highest BCUT2D eigenvalue weighted by Crippen LogP contribution is 2.33. The lowest BCUT2D eigenvalue weighted by Gasteiger charge is -2.29. The molecular weight excluding hydrogens is 318 g/mol. The van der Waals surface area contributed by atoms with E-state index in [0.29, 0.717) is 6.04 Å². The monoisotopic (exact) mass is 345 g/mol. The molecule has 0 bridgehead atoms. The third-order valence-electron chi connectivity index (χ3n) is 5.75. The average Bonchev–Trinajstić information content (AvgIpc) is 2.95. The quantitative estimate of drug-likeness (QED) is 0.890. The fourth-order valence-corrected chi connectivity index (χ4v) is 5.60. The normalized spacial score (nSPS) is 24.2. The van der Waals surface area contributed by atoms with Gasteiger partial charge in [-0.25, -0.2) is 4.98 Å². The summed E-state index contributed by atoms with van der Waals surface area (Å²) in [6, 6.07) is 0.628. The Kier molecular flexibility index (Phi) is 4.72. The number of hydrogen-bond acceptors (Lipinski definition) is 4. The summed E-state index contributed by atoms with van der Waals surface area (Å²) in [7, 11) is 0. The molecule has 4 nitrogen and oxygen atoms in total. The maximum atomic E-state index is 12.5. The second-order valence-electron chi connectivity index (χ2n) is 7.48. The molecule has 0 spiro atoms. The number of aromatic nitrogens is 2. The minimum atomic E-state index is 0.0698. The van der Waals surface area contributed by atoms with Crippen LogP contribution in [0.1, 0.15) is 61.7 Å². The van der Waals surface area contributed by atoms with E-state index >= 15 is 0 Å². The Balaban J connectivity index is 1.48. The zero-order valence-electron chi connectivity index (χ0n) is 14.5. The van der Waals surface area contributed by atoms with Crippen molar-refractivity contribution in [2.75, 3.05) is 6.54 Å². The van der Waals surface area contributed by atoms with Gasteiger partial charge in [-0.2, -0.15) is 0 Å². The van der Waals surface area contributed by atoms with Gasteiger partial charge in [0.1, 0.15) is 10.7 Å². The van der Waals surface area contributed by atoms with Crippen molar-refractivity contribution >= 4 is 21.6 Å². The standard InChI is InChI=1S/C19H27N3OS/c1-12-6-2-4-8-14(12)20-11-10-16-21-18(23)17-13-7-3-5-9-15(13)24-19(17)22-16/h12,14,20H,2-11H2,1H3,(H,21,22,23)/t12-,14-/m0/s1. The highest BCUT2D eigenvalue weighted by atomic mass is 32.1. The van der Waals surface area contributed by atoms with Crippen molar-refractivity contribution < 1.29 is 0 Å². The van der Waals surface area contributed by atoms with Crippen LogP contribution in [0.5, 0.6) is 0 Å². The first kappa shape index (κ1) is 16.3. The van der Waals surface area contributed by atoms with E-state index in [1.165, 1.54) is 49.0 Å². The van der Waals surface area contributed by atoms with E-state index in [1.807, 2.05) is 0 Å². The molecule has 0 radical (unpaired) electrons. The van der Waals surface area contributed by atoms with Crippen LogP contribution in [-0.4, -0.2) is 22.6 Å². The molecule has 5 heteroatoms. The highest BCUT2D eigenvalue weighted by Gasteiger charge is 2.21. The molecule has 0 aliphatic heterocycles. The van der Waals surface area contributed by atoms with Crippen molar-refractivity contribution in [2.24, 2.45) is 5.92 Å². The van der Waals surface area contributed by atoms with Gasteiger partial charge in [0.2, 0.25) is 0 Å². The van der Waals surface area contributed by atoms with Crippen LogP contribution in [0, 0.1) is 5.92 Å². The number of nitrogens with zero attached hydrogens (tertiary/aromatic N) is 1. The molecule has 4 rings (SSSR count). The summed E-state index contributed by atoms with van der Waals surface area (Å²) in [5.74, 6) is 1.60. The van der Waals surface area contributed by atoms with Crippen molar-refractivity contribution in [1.82, 2.24) is 15.3 Å². The lowest BCUT2D eigenvalue weighted by molar-refractivity contribution is 0.282. The average molecular weight is 346 g/mol. The number of hydrogen-bond donors (Lipinski definition) is 2. The second-order valence-corrected chi connectivity index (χ2v) is 8.56. The number of aromatic amines is 1. The largest absolute Gasteiger partial charge is 0.313 e. The Labute approximate surface area is 147 Å². The zero-order valence-corrected chi connectivity index (χ0v) is 15.3. The van der Waals surface area contributed by atoms with E-state index in [4.69, 9.17) is 4.98 Å². The summed E-state index contributed by atoms with van der Waals surface area (Å²) in [4.78, 5) is 22.7. The van der Waals surface area contributed by atoms with Crippen molar-refractivity contribution in [1.29, 1.82) is 0 Å². The molecule has 2 aliphatic rings. The molecule has 0 amide bonds. The molecule has 2 N–H and O–H groups in total. The van der Waals surface area contributed by atoms with Gasteiger partial charge < -0.3 is 10.3 Å². The molecule has 2 aromatic heterocycles. The smallest absolute Gasteiger partial charge is 0.259 e. The summed E-state index contributed by atoms with van der Waals surface area (Å²) >= 11 is 1.74. The number of thiophene rings is 1. The number of rotatable bonds is 4. The van der Waals surface area contributed by atoms with Gasteiger partial charge in [0.05, 0.1) is 5.39 Å². The van der Waals surface area contributed by atoms with Crippen LogP contribution in [0.15, 0.2) is 4.79 Å². The maximum Gasteiger partial charge on any atom is 0.259 e. The van der Waals surface area contributed by atoms with Crippen LogP contribution in [-0.2, 0) is 19.3 Å². The summed E-state index contributed by atoms with van der Waals surface area (Å²) in [6.07, 6.45) is 10.7. The van der Waals surface area contributed by atoms with E-state index in [2.05, 4.69) is 17.2 Å². The molecule has 130 valence electrons. The van der Waals surface area contributed by atoms with Gasteiger partial charge in [0.15, 0.2) is 0 Å². The predicted octanol–water partition coefficient (Wildman–Crippen LogP) is 3.57. The molecule has 0 aromatic carbocycles. The van der Waals surface area contributed by atoms with Gasteiger partial charge in [0.25, 0.3) is 5.56 Å². The molecule has 2 aliphatic carbocycles. The van der Waals surface area contributed by atoms with Gasteiger partial charge in [-0.05, 0) is 50.0 Å². The number of aryl methyl sites for hydroxylation is 2. The Morgan fingerprint density at radius 3 is 2.92 bits per heavy atom. The van der Waals surface area contributed by atoms with Crippen molar-refractivity contribution in [2.45, 2.75) is 70.8 Å². The van der Waals surface area contributed by atoms with E-state index < -0.39 is 0 Å². The van der Waals surface area contributed by atoms with E-state index in [0.717, 1.165) is 47.8 Å². The van der Waals surface area contributed by atoms with Crippen molar-refractivity contribution in [3.8, 4) is 0 Å². The summed E-state index contributed by atoms with van der Waals surface area (Å²) in [5, 5.41) is 4.55. The third-order valence-corrected chi connectivity index (χ3v) is 6.94. The molecule has 2 aromatic rings. The first-order chi connectivity index (χ1) is 11.7. The highest BCUT2D eigenvalue weighted by molar-refractivity contribution is 7.18. The molecule has 24 heavy (non-hydrogen) atoms. The van der Waals surface area contributed by atoms with E-state index in [9.17, 15) is 4.79 Å². The fraction of sp³-hybridized carbons (Fsp3) is 0.684. The minimum Gasteiger partial charge on any atom is -0.313 e. The van der Waals surface area contributed by atoms with Crippen LogP contribution in [0.2, 0.25) is 0 Å². The molecule has 2 atom stereocenters. The van der Waals surface area contributed by atoms with Crippen LogP contribution in [0.3, 0.4) is 0 Å². The van der Waals surface area contributed by atoms with Crippen LogP contribution in [0.25, 0.3) is 10.2 Å². The van der Waals surface area contributed by atoms with Crippen LogP contribution >= 0.6 is 11.3 Å².